The Morgan fingerprint density at radius 1 is 1.50 bits per heavy atom. The van der Waals surface area contributed by atoms with Crippen LogP contribution in [0.5, 0.6) is 0 Å². The van der Waals surface area contributed by atoms with Crippen LogP contribution in [0.1, 0.15) is 19.8 Å². The lowest BCUT2D eigenvalue weighted by Gasteiger charge is -2.30. The maximum atomic E-state index is 13.8. The standard InChI is InChI=1S/C12H13ClFNO4S/c1-12(11(16)17)5-2-6-15(12)20(18,19)10-4-3-8(13)7-9(10)14/h3-4,7H,2,5-6H2,1H3,(H,16,17). The number of aliphatic carboxylic acids is 1. The van der Waals surface area contributed by atoms with Crippen molar-refractivity contribution in [3.63, 3.8) is 0 Å². The first kappa shape index (κ1) is 15.2. The number of hydrogen-bond donors (Lipinski definition) is 1. The van der Waals surface area contributed by atoms with Crippen LogP contribution in [0.4, 0.5) is 4.39 Å². The molecule has 0 amide bonds. The Hall–Kier alpha value is -1.18. The summed E-state index contributed by atoms with van der Waals surface area (Å²) in [4.78, 5) is 10.8. The van der Waals surface area contributed by atoms with E-state index in [4.69, 9.17) is 11.6 Å². The predicted molar refractivity (Wildman–Crippen MR) is 70.6 cm³/mol. The highest BCUT2D eigenvalue weighted by atomic mass is 35.5. The molecule has 1 aliphatic rings. The number of rotatable bonds is 3. The number of halogens is 2. The fourth-order valence-electron chi connectivity index (χ4n) is 2.34. The third kappa shape index (κ3) is 2.30. The summed E-state index contributed by atoms with van der Waals surface area (Å²) in [5.41, 5.74) is -1.55. The molecule has 1 aliphatic heterocycles. The monoisotopic (exact) mass is 321 g/mol. The molecule has 20 heavy (non-hydrogen) atoms. The molecule has 1 unspecified atom stereocenters. The van der Waals surface area contributed by atoms with E-state index in [1.54, 1.807) is 0 Å². The zero-order chi connectivity index (χ0) is 15.1. The van der Waals surface area contributed by atoms with Crippen LogP contribution in [0.2, 0.25) is 5.02 Å². The molecule has 1 fully saturated rings. The lowest BCUT2D eigenvalue weighted by atomic mass is 10.0. The fourth-order valence-corrected chi connectivity index (χ4v) is 4.35. The summed E-state index contributed by atoms with van der Waals surface area (Å²) >= 11 is 5.59. The molecule has 0 aliphatic carbocycles. The van der Waals surface area contributed by atoms with Gasteiger partial charge in [-0.2, -0.15) is 4.31 Å². The summed E-state index contributed by atoms with van der Waals surface area (Å²) < 4.78 is 39.6. The Bertz CT molecular complexity index is 663. The number of carboxylic acids is 1. The van der Waals surface area contributed by atoms with Gasteiger partial charge in [-0.05, 0) is 38.0 Å². The summed E-state index contributed by atoms with van der Waals surface area (Å²) in [5.74, 6) is -2.23. The molecule has 5 nitrogen and oxygen atoms in total. The SMILES string of the molecule is CC1(C(=O)O)CCCN1S(=O)(=O)c1ccc(Cl)cc1F. The first-order valence-corrected chi connectivity index (χ1v) is 7.73. The number of benzene rings is 1. The second-order valence-corrected chi connectivity index (χ2v) is 7.10. The van der Waals surface area contributed by atoms with E-state index in [0.29, 0.717) is 6.42 Å². The van der Waals surface area contributed by atoms with E-state index in [0.717, 1.165) is 16.4 Å². The highest BCUT2D eigenvalue weighted by molar-refractivity contribution is 7.89. The minimum Gasteiger partial charge on any atom is -0.480 e. The van der Waals surface area contributed by atoms with Gasteiger partial charge in [0.2, 0.25) is 10.0 Å². The van der Waals surface area contributed by atoms with Gasteiger partial charge in [0, 0.05) is 11.6 Å². The summed E-state index contributed by atoms with van der Waals surface area (Å²) in [7, 11) is -4.22. The van der Waals surface area contributed by atoms with Gasteiger partial charge in [0.1, 0.15) is 16.3 Å². The Morgan fingerprint density at radius 2 is 2.15 bits per heavy atom. The van der Waals surface area contributed by atoms with Gasteiger partial charge >= 0.3 is 5.97 Å². The largest absolute Gasteiger partial charge is 0.480 e. The molecule has 1 atom stereocenters. The maximum Gasteiger partial charge on any atom is 0.324 e. The van der Waals surface area contributed by atoms with Gasteiger partial charge in [0.15, 0.2) is 0 Å². The molecule has 1 saturated heterocycles. The molecule has 2 rings (SSSR count). The second-order valence-electron chi connectivity index (χ2n) is 4.83. The van der Waals surface area contributed by atoms with Gasteiger partial charge < -0.3 is 5.11 Å². The third-order valence-corrected chi connectivity index (χ3v) is 5.79. The molecular formula is C12H13ClFNO4S. The minimum atomic E-state index is -4.22. The average Bonchev–Trinajstić information content (AvgIpc) is 2.73. The van der Waals surface area contributed by atoms with Crippen molar-refractivity contribution in [1.29, 1.82) is 0 Å². The lowest BCUT2D eigenvalue weighted by Crippen LogP contribution is -2.50. The molecule has 110 valence electrons. The average molecular weight is 322 g/mol. The van der Waals surface area contributed by atoms with Crippen molar-refractivity contribution in [1.82, 2.24) is 4.31 Å². The van der Waals surface area contributed by atoms with E-state index in [1.165, 1.54) is 13.0 Å². The quantitative estimate of drug-likeness (QED) is 0.925. The van der Waals surface area contributed by atoms with Crippen LogP contribution in [0.3, 0.4) is 0 Å². The van der Waals surface area contributed by atoms with Crippen LogP contribution in [0.25, 0.3) is 0 Å². The molecule has 8 heteroatoms. The van der Waals surface area contributed by atoms with E-state index in [-0.39, 0.29) is 18.0 Å². The summed E-state index contributed by atoms with van der Waals surface area (Å²) in [6, 6.07) is 3.20. The molecule has 1 heterocycles. The second kappa shape index (κ2) is 4.98. The first-order chi connectivity index (χ1) is 9.19. The van der Waals surface area contributed by atoms with Crippen LogP contribution in [-0.4, -0.2) is 35.9 Å². The number of carbonyl (C=O) groups is 1. The van der Waals surface area contributed by atoms with Crippen molar-refractivity contribution in [2.24, 2.45) is 0 Å². The highest BCUT2D eigenvalue weighted by Gasteiger charge is 2.50. The Morgan fingerprint density at radius 3 is 2.70 bits per heavy atom. The summed E-state index contributed by atoms with van der Waals surface area (Å²) in [5, 5.41) is 9.32. The van der Waals surface area contributed by atoms with Crippen molar-refractivity contribution in [3.05, 3.63) is 29.0 Å². The molecule has 1 N–H and O–H groups in total. The zero-order valence-corrected chi connectivity index (χ0v) is 12.2. The van der Waals surface area contributed by atoms with Gasteiger partial charge in [-0.3, -0.25) is 4.79 Å². The maximum absolute atomic E-state index is 13.8. The van der Waals surface area contributed by atoms with Crippen molar-refractivity contribution in [2.45, 2.75) is 30.2 Å². The molecule has 0 aromatic heterocycles. The molecular weight excluding hydrogens is 309 g/mol. The van der Waals surface area contributed by atoms with Gasteiger partial charge in [-0.1, -0.05) is 11.6 Å². The number of hydrogen-bond acceptors (Lipinski definition) is 3. The van der Waals surface area contributed by atoms with Crippen molar-refractivity contribution < 1.29 is 22.7 Å². The zero-order valence-electron chi connectivity index (χ0n) is 10.6. The van der Waals surface area contributed by atoms with Gasteiger partial charge in [0.25, 0.3) is 0 Å². The van der Waals surface area contributed by atoms with Crippen molar-refractivity contribution >= 4 is 27.6 Å². The van der Waals surface area contributed by atoms with E-state index >= 15 is 0 Å². The van der Waals surface area contributed by atoms with Crippen molar-refractivity contribution in [2.75, 3.05) is 6.54 Å². The highest BCUT2D eigenvalue weighted by Crippen LogP contribution is 2.35. The molecule has 1 aromatic rings. The molecule has 0 saturated carbocycles. The van der Waals surface area contributed by atoms with Crippen LogP contribution in [-0.2, 0) is 14.8 Å². The third-order valence-electron chi connectivity index (χ3n) is 3.50. The topological polar surface area (TPSA) is 74.7 Å². The van der Waals surface area contributed by atoms with E-state index in [2.05, 4.69) is 0 Å². The lowest BCUT2D eigenvalue weighted by molar-refractivity contribution is -0.146. The van der Waals surface area contributed by atoms with E-state index in [1.807, 2.05) is 0 Å². The number of carboxylic acid groups (broad SMARTS) is 1. The fraction of sp³-hybridized carbons (Fsp3) is 0.417. The molecule has 0 radical (unpaired) electrons. The number of nitrogens with zero attached hydrogens (tertiary/aromatic N) is 1. The first-order valence-electron chi connectivity index (χ1n) is 5.91. The Labute approximate surface area is 121 Å². The van der Waals surface area contributed by atoms with E-state index in [9.17, 15) is 22.7 Å². The van der Waals surface area contributed by atoms with Crippen LogP contribution in [0, 0.1) is 5.82 Å². The summed E-state index contributed by atoms with van der Waals surface area (Å²) in [6.45, 7) is 1.38. The number of sulfonamides is 1. The van der Waals surface area contributed by atoms with Gasteiger partial charge in [-0.15, -0.1) is 0 Å². The predicted octanol–water partition coefficient (Wildman–Crippen LogP) is 2.11. The van der Waals surface area contributed by atoms with Gasteiger partial charge in [-0.25, -0.2) is 12.8 Å². The van der Waals surface area contributed by atoms with E-state index < -0.39 is 32.2 Å². The summed E-state index contributed by atoms with van der Waals surface area (Å²) in [6.07, 6.45) is 0.605. The van der Waals surface area contributed by atoms with Crippen LogP contribution < -0.4 is 0 Å². The Balaban J connectivity index is 2.53. The minimum absolute atomic E-state index is 0.0488. The molecule has 0 bridgehead atoms. The molecule has 0 spiro atoms. The smallest absolute Gasteiger partial charge is 0.324 e. The Kier molecular flexibility index (Phi) is 3.79. The van der Waals surface area contributed by atoms with Gasteiger partial charge in [0.05, 0.1) is 0 Å². The normalized spacial score (nSPS) is 23.9. The van der Waals surface area contributed by atoms with Crippen LogP contribution in [0.15, 0.2) is 23.1 Å². The molecule has 1 aromatic carbocycles. The van der Waals surface area contributed by atoms with Crippen LogP contribution >= 0.6 is 11.6 Å². The van der Waals surface area contributed by atoms with Crippen molar-refractivity contribution in [3.8, 4) is 0 Å².